The number of carbonyl (C=O) groups is 1. The zero-order chi connectivity index (χ0) is 21.3. The van der Waals surface area contributed by atoms with Gasteiger partial charge in [0.1, 0.15) is 11.4 Å². The van der Waals surface area contributed by atoms with Crippen LogP contribution < -0.4 is 19.5 Å². The van der Waals surface area contributed by atoms with E-state index in [1.165, 1.54) is 11.3 Å². The average Bonchev–Trinajstić information content (AvgIpc) is 3.40. The number of carbonyl (C=O) groups excluding carboxylic acids is 1. The zero-order valence-electron chi connectivity index (χ0n) is 17.0. The lowest BCUT2D eigenvalue weighted by Crippen LogP contribution is -2.11. The number of para-hydroxylation sites is 1. The molecule has 0 aliphatic rings. The fourth-order valence-corrected chi connectivity index (χ4v) is 4.08. The van der Waals surface area contributed by atoms with E-state index >= 15 is 0 Å². The fourth-order valence-electron chi connectivity index (χ4n) is 3.38. The number of aromatic amines is 1. The van der Waals surface area contributed by atoms with Gasteiger partial charge in [0.15, 0.2) is 16.6 Å². The van der Waals surface area contributed by atoms with Gasteiger partial charge in [0.2, 0.25) is 0 Å². The van der Waals surface area contributed by atoms with Crippen molar-refractivity contribution in [3.63, 3.8) is 0 Å². The molecule has 2 heterocycles. The second-order valence-corrected chi connectivity index (χ2v) is 7.44. The van der Waals surface area contributed by atoms with Crippen LogP contribution in [-0.2, 0) is 0 Å². The zero-order valence-corrected chi connectivity index (χ0v) is 17.8. The van der Waals surface area contributed by atoms with Crippen LogP contribution in [0.25, 0.3) is 22.2 Å². The summed E-state index contributed by atoms with van der Waals surface area (Å²) in [5.74, 6) is 1.57. The molecule has 0 fully saturated rings. The molecule has 0 unspecified atom stereocenters. The third-order valence-corrected chi connectivity index (χ3v) is 5.60. The van der Waals surface area contributed by atoms with Crippen molar-refractivity contribution in [3.8, 4) is 28.5 Å². The maximum absolute atomic E-state index is 12.7. The summed E-state index contributed by atoms with van der Waals surface area (Å²) in [5, 5.41) is 6.16. The number of hydrogen-bond acceptors (Lipinski definition) is 6. The van der Waals surface area contributed by atoms with Gasteiger partial charge < -0.3 is 19.2 Å². The molecule has 2 aromatic heterocycles. The van der Waals surface area contributed by atoms with E-state index in [2.05, 4.69) is 15.3 Å². The van der Waals surface area contributed by atoms with E-state index in [1.807, 2.05) is 48.7 Å². The first kappa shape index (κ1) is 19.8. The van der Waals surface area contributed by atoms with Crippen LogP contribution in [0.2, 0.25) is 0 Å². The molecular weight excluding hydrogens is 402 g/mol. The van der Waals surface area contributed by atoms with E-state index in [-0.39, 0.29) is 5.91 Å². The summed E-state index contributed by atoms with van der Waals surface area (Å²) in [7, 11) is 4.77. The van der Waals surface area contributed by atoms with E-state index in [0.717, 1.165) is 22.0 Å². The van der Waals surface area contributed by atoms with Crippen molar-refractivity contribution >= 4 is 33.3 Å². The molecule has 0 spiro atoms. The highest BCUT2D eigenvalue weighted by atomic mass is 32.1. The van der Waals surface area contributed by atoms with Crippen molar-refractivity contribution in [1.29, 1.82) is 0 Å². The molecule has 2 aromatic carbocycles. The van der Waals surface area contributed by atoms with E-state index in [1.54, 1.807) is 21.3 Å². The minimum absolute atomic E-state index is 0.252. The van der Waals surface area contributed by atoms with Crippen LogP contribution in [0.4, 0.5) is 5.13 Å². The SMILES string of the molecule is COc1cc(-c2csc(NC(=O)c3cc4ccccc4[nH]3)n2)c(OC)c(OC)c1C. The molecule has 0 aliphatic heterocycles. The Morgan fingerprint density at radius 3 is 2.53 bits per heavy atom. The van der Waals surface area contributed by atoms with Crippen molar-refractivity contribution in [2.75, 3.05) is 26.6 Å². The standard InChI is InChI=1S/C22H21N3O4S/c1-12-18(27-2)10-14(20(29-4)19(12)28-3)17-11-30-22(24-17)25-21(26)16-9-13-7-5-6-8-15(13)23-16/h5-11,23H,1-4H3,(H,24,25,26). The Kier molecular flexibility index (Phi) is 5.33. The summed E-state index contributed by atoms with van der Waals surface area (Å²) in [4.78, 5) is 20.3. The lowest BCUT2D eigenvalue weighted by molar-refractivity contribution is 0.102. The van der Waals surface area contributed by atoms with Gasteiger partial charge in [0.25, 0.3) is 5.91 Å². The van der Waals surface area contributed by atoms with Gasteiger partial charge in [0.05, 0.1) is 32.6 Å². The van der Waals surface area contributed by atoms with Crippen molar-refractivity contribution in [3.05, 3.63) is 53.0 Å². The summed E-state index contributed by atoms with van der Waals surface area (Å²) in [6.45, 7) is 1.90. The first-order chi connectivity index (χ1) is 14.5. The Balaban J connectivity index is 1.65. The first-order valence-electron chi connectivity index (χ1n) is 9.20. The Morgan fingerprint density at radius 2 is 1.83 bits per heavy atom. The van der Waals surface area contributed by atoms with Crippen molar-refractivity contribution < 1.29 is 19.0 Å². The van der Waals surface area contributed by atoms with Crippen molar-refractivity contribution in [2.24, 2.45) is 0 Å². The molecule has 2 N–H and O–H groups in total. The van der Waals surface area contributed by atoms with Crippen LogP contribution in [0.1, 0.15) is 16.1 Å². The smallest absolute Gasteiger partial charge is 0.273 e. The maximum Gasteiger partial charge on any atom is 0.273 e. The van der Waals surface area contributed by atoms with Gasteiger partial charge in [-0.15, -0.1) is 11.3 Å². The number of amides is 1. The Bertz CT molecular complexity index is 1200. The highest BCUT2D eigenvalue weighted by molar-refractivity contribution is 7.14. The highest BCUT2D eigenvalue weighted by Crippen LogP contribution is 2.45. The number of nitrogens with one attached hydrogen (secondary N) is 2. The van der Waals surface area contributed by atoms with Crippen molar-refractivity contribution in [2.45, 2.75) is 6.92 Å². The molecule has 30 heavy (non-hydrogen) atoms. The van der Waals surface area contributed by atoms with Gasteiger partial charge in [0, 0.05) is 21.8 Å². The molecule has 4 rings (SSSR count). The second-order valence-electron chi connectivity index (χ2n) is 6.58. The minimum atomic E-state index is -0.252. The number of anilines is 1. The number of hydrogen-bond donors (Lipinski definition) is 2. The van der Waals surface area contributed by atoms with E-state index < -0.39 is 0 Å². The lowest BCUT2D eigenvalue weighted by Gasteiger charge is -2.16. The molecule has 0 radical (unpaired) electrons. The molecule has 0 atom stereocenters. The van der Waals surface area contributed by atoms with Crippen LogP contribution in [0.3, 0.4) is 0 Å². The fraction of sp³-hybridized carbons (Fsp3) is 0.182. The van der Waals surface area contributed by atoms with Crippen LogP contribution >= 0.6 is 11.3 Å². The van der Waals surface area contributed by atoms with Gasteiger partial charge >= 0.3 is 0 Å². The van der Waals surface area contributed by atoms with E-state index in [4.69, 9.17) is 14.2 Å². The number of ether oxygens (including phenoxy) is 3. The molecule has 7 nitrogen and oxygen atoms in total. The third kappa shape index (κ3) is 3.46. The monoisotopic (exact) mass is 423 g/mol. The number of benzene rings is 2. The highest BCUT2D eigenvalue weighted by Gasteiger charge is 2.21. The second kappa shape index (κ2) is 8.08. The summed E-state index contributed by atoms with van der Waals surface area (Å²) in [6, 6.07) is 11.4. The molecule has 0 saturated carbocycles. The van der Waals surface area contributed by atoms with Gasteiger partial charge in [-0.1, -0.05) is 18.2 Å². The maximum atomic E-state index is 12.7. The molecule has 1 amide bonds. The number of rotatable bonds is 6. The van der Waals surface area contributed by atoms with E-state index in [0.29, 0.717) is 33.8 Å². The Labute approximate surface area is 177 Å². The summed E-state index contributed by atoms with van der Waals surface area (Å²) in [5.41, 5.74) is 3.60. The number of thiazole rings is 1. The first-order valence-corrected chi connectivity index (χ1v) is 10.1. The van der Waals surface area contributed by atoms with Gasteiger partial charge in [-0.3, -0.25) is 10.1 Å². The molecule has 0 saturated heterocycles. The van der Waals surface area contributed by atoms with Gasteiger partial charge in [-0.2, -0.15) is 0 Å². The summed E-state index contributed by atoms with van der Waals surface area (Å²) in [6.07, 6.45) is 0. The number of H-pyrrole nitrogens is 1. The third-order valence-electron chi connectivity index (χ3n) is 4.84. The average molecular weight is 423 g/mol. The van der Waals surface area contributed by atoms with Crippen LogP contribution in [0.15, 0.2) is 41.8 Å². The van der Waals surface area contributed by atoms with Crippen LogP contribution in [0.5, 0.6) is 17.2 Å². The molecule has 0 bridgehead atoms. The number of methoxy groups -OCH3 is 3. The summed E-state index contributed by atoms with van der Waals surface area (Å²) >= 11 is 1.33. The van der Waals surface area contributed by atoms with Crippen LogP contribution in [-0.4, -0.2) is 37.2 Å². The minimum Gasteiger partial charge on any atom is -0.496 e. The van der Waals surface area contributed by atoms with Crippen molar-refractivity contribution in [1.82, 2.24) is 9.97 Å². The summed E-state index contributed by atoms with van der Waals surface area (Å²) < 4.78 is 16.6. The molecule has 0 aliphatic carbocycles. The lowest BCUT2D eigenvalue weighted by atomic mass is 10.1. The number of fused-ring (bicyclic) bond motifs is 1. The predicted molar refractivity (Wildman–Crippen MR) is 118 cm³/mol. The largest absolute Gasteiger partial charge is 0.496 e. The number of aromatic nitrogens is 2. The molecular formula is C22H21N3O4S. The van der Waals surface area contributed by atoms with Gasteiger partial charge in [-0.25, -0.2) is 4.98 Å². The van der Waals surface area contributed by atoms with Gasteiger partial charge in [-0.05, 0) is 25.1 Å². The molecule has 154 valence electrons. The number of nitrogens with zero attached hydrogens (tertiary/aromatic N) is 1. The topological polar surface area (TPSA) is 85.5 Å². The molecule has 8 heteroatoms. The van der Waals surface area contributed by atoms with E-state index in [9.17, 15) is 4.79 Å². The normalized spacial score (nSPS) is 10.8. The quantitative estimate of drug-likeness (QED) is 0.462. The molecule has 4 aromatic rings. The Morgan fingerprint density at radius 1 is 1.07 bits per heavy atom. The van der Waals surface area contributed by atoms with Crippen LogP contribution in [0, 0.1) is 6.92 Å². The predicted octanol–water partition coefficient (Wildman–Crippen LogP) is 4.88. The Hall–Kier alpha value is -3.52.